The first-order valence-corrected chi connectivity index (χ1v) is 8.33. The molecule has 22 heavy (non-hydrogen) atoms. The number of benzene rings is 1. The molecule has 118 valence electrons. The number of nitrogens with zero attached hydrogens (tertiary/aromatic N) is 2. The van der Waals surface area contributed by atoms with Crippen molar-refractivity contribution < 1.29 is 9.26 Å². The second kappa shape index (κ2) is 5.63. The molecule has 2 aromatic rings. The molecule has 0 radical (unpaired) electrons. The van der Waals surface area contributed by atoms with Crippen molar-refractivity contribution in [3.8, 4) is 5.75 Å². The summed E-state index contributed by atoms with van der Waals surface area (Å²) < 4.78 is 11.1. The number of fused-ring (bicyclic) bond motifs is 4. The minimum Gasteiger partial charge on any atom is -0.488 e. The Balaban J connectivity index is 1.64. The maximum absolute atomic E-state index is 6.19. The lowest BCUT2D eigenvalue weighted by atomic mass is 9.84. The first kappa shape index (κ1) is 14.2. The summed E-state index contributed by atoms with van der Waals surface area (Å²) in [5.41, 5.74) is 0.623. The average molecular weight is 322 g/mol. The van der Waals surface area contributed by atoms with E-state index in [-0.39, 0.29) is 0 Å². The summed E-state index contributed by atoms with van der Waals surface area (Å²) in [7, 11) is 0. The largest absolute Gasteiger partial charge is 0.488 e. The minimum absolute atomic E-state index is 0.446. The Morgan fingerprint density at radius 2 is 2.23 bits per heavy atom. The molecule has 0 unspecified atom stereocenters. The van der Waals surface area contributed by atoms with Gasteiger partial charge in [-0.2, -0.15) is 0 Å². The molecular formula is C16H20ClN3O2. The van der Waals surface area contributed by atoms with Crippen molar-refractivity contribution in [2.75, 3.05) is 31.6 Å². The van der Waals surface area contributed by atoms with Gasteiger partial charge in [0.15, 0.2) is 11.6 Å². The highest BCUT2D eigenvalue weighted by Crippen LogP contribution is 2.38. The third-order valence-corrected chi connectivity index (χ3v) is 5.11. The van der Waals surface area contributed by atoms with E-state index in [0.717, 1.165) is 23.7 Å². The zero-order chi connectivity index (χ0) is 15.1. The molecule has 1 aromatic heterocycles. The number of anilines is 1. The molecule has 2 bridgehead atoms. The quantitative estimate of drug-likeness (QED) is 0.935. The van der Waals surface area contributed by atoms with Crippen molar-refractivity contribution in [3.05, 3.63) is 17.2 Å². The summed E-state index contributed by atoms with van der Waals surface area (Å²) in [6, 6.07) is 4.23. The molecule has 3 saturated heterocycles. The highest BCUT2D eigenvalue weighted by Gasteiger charge is 2.34. The summed E-state index contributed by atoms with van der Waals surface area (Å²) in [5, 5.41) is 9.28. The zero-order valence-corrected chi connectivity index (χ0v) is 13.4. The zero-order valence-electron chi connectivity index (χ0n) is 12.6. The van der Waals surface area contributed by atoms with Gasteiger partial charge in [-0.3, -0.25) is 0 Å². The molecule has 4 heterocycles. The summed E-state index contributed by atoms with van der Waals surface area (Å²) in [5.74, 6) is 2.11. The predicted molar refractivity (Wildman–Crippen MR) is 86.8 cm³/mol. The number of aromatic nitrogens is 1. The van der Waals surface area contributed by atoms with Crippen LogP contribution in [0.15, 0.2) is 16.7 Å². The fourth-order valence-electron chi connectivity index (χ4n) is 3.64. The van der Waals surface area contributed by atoms with Crippen molar-refractivity contribution >= 4 is 28.4 Å². The summed E-state index contributed by atoms with van der Waals surface area (Å²) >= 11 is 6.19. The van der Waals surface area contributed by atoms with Crippen molar-refractivity contribution in [2.45, 2.75) is 25.8 Å². The maximum atomic E-state index is 6.19. The third-order valence-electron chi connectivity index (χ3n) is 4.81. The molecule has 0 aliphatic carbocycles. The van der Waals surface area contributed by atoms with Gasteiger partial charge in [0.25, 0.3) is 0 Å². The van der Waals surface area contributed by atoms with Gasteiger partial charge in [-0.05, 0) is 50.9 Å². The van der Waals surface area contributed by atoms with Crippen LogP contribution >= 0.6 is 11.6 Å². The number of ether oxygens (including phenoxy) is 1. The predicted octanol–water partition coefficient (Wildman–Crippen LogP) is 3.39. The number of hydrogen-bond donors (Lipinski definition) is 1. The van der Waals surface area contributed by atoms with E-state index in [9.17, 15) is 0 Å². The van der Waals surface area contributed by atoms with Crippen LogP contribution in [0.5, 0.6) is 5.75 Å². The number of piperidine rings is 3. The SMILES string of the molecule is CCOc1c(Cl)ccc2c(N[C@H]3CN4CCC3CC4)noc12. The molecule has 3 fully saturated rings. The molecule has 0 saturated carbocycles. The molecule has 1 atom stereocenters. The van der Waals surface area contributed by atoms with Crippen LogP contribution in [0, 0.1) is 5.92 Å². The van der Waals surface area contributed by atoms with E-state index < -0.39 is 0 Å². The van der Waals surface area contributed by atoms with Crippen LogP contribution in [0.4, 0.5) is 5.82 Å². The van der Waals surface area contributed by atoms with E-state index >= 15 is 0 Å². The third kappa shape index (κ3) is 2.32. The molecule has 0 spiro atoms. The molecule has 0 amide bonds. The fourth-order valence-corrected chi connectivity index (χ4v) is 3.85. The van der Waals surface area contributed by atoms with Crippen molar-refractivity contribution in [1.82, 2.24) is 10.1 Å². The second-order valence-corrected chi connectivity index (χ2v) is 6.51. The van der Waals surface area contributed by atoms with Crippen molar-refractivity contribution in [1.29, 1.82) is 0 Å². The Morgan fingerprint density at radius 3 is 2.91 bits per heavy atom. The van der Waals surface area contributed by atoms with Crippen LogP contribution in [0.2, 0.25) is 5.02 Å². The second-order valence-electron chi connectivity index (χ2n) is 6.11. The van der Waals surface area contributed by atoms with Gasteiger partial charge in [0.2, 0.25) is 5.58 Å². The lowest BCUT2D eigenvalue weighted by molar-refractivity contribution is 0.0973. The van der Waals surface area contributed by atoms with Crippen LogP contribution in [0.25, 0.3) is 11.0 Å². The van der Waals surface area contributed by atoms with E-state index in [1.54, 1.807) is 0 Å². The molecular weight excluding hydrogens is 302 g/mol. The van der Waals surface area contributed by atoms with Gasteiger partial charge in [-0.1, -0.05) is 16.8 Å². The highest BCUT2D eigenvalue weighted by atomic mass is 35.5. The van der Waals surface area contributed by atoms with Gasteiger partial charge >= 0.3 is 0 Å². The number of halogens is 1. The Hall–Kier alpha value is -1.46. The van der Waals surface area contributed by atoms with Gasteiger partial charge in [0.05, 0.1) is 17.0 Å². The summed E-state index contributed by atoms with van der Waals surface area (Å²) in [4.78, 5) is 2.52. The lowest BCUT2D eigenvalue weighted by Crippen LogP contribution is -2.53. The Bertz CT molecular complexity index is 679. The Morgan fingerprint density at radius 1 is 1.41 bits per heavy atom. The van der Waals surface area contributed by atoms with Crippen LogP contribution in [-0.4, -0.2) is 42.3 Å². The van der Waals surface area contributed by atoms with E-state index in [0.29, 0.717) is 29.0 Å². The van der Waals surface area contributed by atoms with Gasteiger partial charge in [-0.25, -0.2) is 0 Å². The monoisotopic (exact) mass is 321 g/mol. The van der Waals surface area contributed by atoms with Gasteiger partial charge < -0.3 is 19.5 Å². The molecule has 3 aliphatic heterocycles. The smallest absolute Gasteiger partial charge is 0.212 e. The van der Waals surface area contributed by atoms with E-state index in [2.05, 4.69) is 15.4 Å². The molecule has 5 rings (SSSR count). The molecule has 5 nitrogen and oxygen atoms in total. The van der Waals surface area contributed by atoms with Gasteiger partial charge in [0.1, 0.15) is 0 Å². The van der Waals surface area contributed by atoms with Gasteiger partial charge in [0, 0.05) is 12.6 Å². The van der Waals surface area contributed by atoms with Crippen molar-refractivity contribution in [2.24, 2.45) is 5.92 Å². The minimum atomic E-state index is 0.446. The topological polar surface area (TPSA) is 50.5 Å². The lowest BCUT2D eigenvalue weighted by Gasteiger charge is -2.44. The van der Waals surface area contributed by atoms with Crippen LogP contribution in [-0.2, 0) is 0 Å². The number of nitrogens with one attached hydrogen (secondary N) is 1. The first-order valence-electron chi connectivity index (χ1n) is 7.96. The summed E-state index contributed by atoms with van der Waals surface area (Å²) in [6.45, 7) is 6.02. The first-order chi connectivity index (χ1) is 10.8. The van der Waals surface area contributed by atoms with Crippen molar-refractivity contribution in [3.63, 3.8) is 0 Å². The van der Waals surface area contributed by atoms with E-state index in [1.807, 2.05) is 19.1 Å². The molecule has 1 N–H and O–H groups in total. The van der Waals surface area contributed by atoms with Crippen LogP contribution in [0.1, 0.15) is 19.8 Å². The molecule has 6 heteroatoms. The normalized spacial score (nSPS) is 27.3. The molecule has 1 aromatic carbocycles. The Kier molecular flexibility index (Phi) is 3.62. The van der Waals surface area contributed by atoms with Crippen LogP contribution in [0.3, 0.4) is 0 Å². The summed E-state index contributed by atoms with van der Waals surface area (Å²) in [6.07, 6.45) is 2.53. The van der Waals surface area contributed by atoms with Gasteiger partial charge in [-0.15, -0.1) is 0 Å². The highest BCUT2D eigenvalue weighted by molar-refractivity contribution is 6.33. The number of rotatable bonds is 4. The standard InChI is InChI=1S/C16H20ClN3O2/c1-2-21-15-12(17)4-3-11-14(15)22-19-16(11)18-13-9-20-7-5-10(13)6-8-20/h3-4,10,13H,2,5-9H2,1H3,(H,18,19)/t13-/m0/s1. The van der Waals surface area contributed by atoms with E-state index in [1.165, 1.54) is 25.9 Å². The number of hydrogen-bond acceptors (Lipinski definition) is 5. The fraction of sp³-hybridized carbons (Fsp3) is 0.562. The maximum Gasteiger partial charge on any atom is 0.212 e. The Labute approximate surface area is 134 Å². The molecule has 3 aliphatic rings. The van der Waals surface area contributed by atoms with E-state index in [4.69, 9.17) is 20.9 Å². The average Bonchev–Trinajstić information content (AvgIpc) is 2.95. The van der Waals surface area contributed by atoms with Crippen LogP contribution < -0.4 is 10.1 Å².